The molecule has 1 aromatic rings. The third-order valence-corrected chi connectivity index (χ3v) is 6.19. The van der Waals surface area contributed by atoms with Gasteiger partial charge in [-0.1, -0.05) is 32.9 Å². The molecule has 1 aliphatic rings. The van der Waals surface area contributed by atoms with Crippen LogP contribution in [0.15, 0.2) is 29.2 Å². The molecule has 0 bridgehead atoms. The molecule has 0 radical (unpaired) electrons. The van der Waals surface area contributed by atoms with Gasteiger partial charge in [0.25, 0.3) is 0 Å². The highest BCUT2D eigenvalue weighted by Crippen LogP contribution is 2.23. The Balaban J connectivity index is 2.24. The second-order valence-corrected chi connectivity index (χ2v) is 7.29. The topological polar surface area (TPSA) is 49.4 Å². The zero-order chi connectivity index (χ0) is 14.8. The maximum atomic E-state index is 12.6. The van der Waals surface area contributed by atoms with Crippen LogP contribution in [0.5, 0.6) is 0 Å². The minimum atomic E-state index is -3.37. The van der Waals surface area contributed by atoms with Crippen molar-refractivity contribution >= 4 is 10.0 Å². The fourth-order valence-corrected chi connectivity index (χ4v) is 4.07. The molecule has 4 nitrogen and oxygen atoms in total. The van der Waals surface area contributed by atoms with Crippen molar-refractivity contribution in [1.29, 1.82) is 0 Å². The summed E-state index contributed by atoms with van der Waals surface area (Å²) in [5.74, 6) is 0.463. The molecule has 1 heterocycles. The Bertz CT molecular complexity index is 535. The van der Waals surface area contributed by atoms with Crippen molar-refractivity contribution in [2.45, 2.75) is 44.0 Å². The van der Waals surface area contributed by atoms with Crippen LogP contribution in [0.4, 0.5) is 0 Å². The Labute approximate surface area is 122 Å². The first-order valence-corrected chi connectivity index (χ1v) is 8.77. The molecule has 1 atom stereocenters. The van der Waals surface area contributed by atoms with E-state index in [2.05, 4.69) is 19.2 Å². The number of benzene rings is 1. The minimum absolute atomic E-state index is 0.0965. The molecule has 2 rings (SSSR count). The molecule has 1 aromatic carbocycles. The van der Waals surface area contributed by atoms with Gasteiger partial charge >= 0.3 is 0 Å². The van der Waals surface area contributed by atoms with E-state index < -0.39 is 10.0 Å². The molecule has 1 aliphatic heterocycles. The molecular formula is C15H24N2O2S. The molecule has 1 N–H and O–H groups in total. The Morgan fingerprint density at radius 2 is 1.85 bits per heavy atom. The number of hydrogen-bond acceptors (Lipinski definition) is 3. The number of nitrogens with zero attached hydrogens (tertiary/aromatic N) is 1. The summed E-state index contributed by atoms with van der Waals surface area (Å²) in [7, 11) is -3.37. The zero-order valence-corrected chi connectivity index (χ0v) is 13.3. The first-order chi connectivity index (χ1) is 9.50. The summed E-state index contributed by atoms with van der Waals surface area (Å²) in [5, 5.41) is 3.13. The van der Waals surface area contributed by atoms with E-state index in [0.717, 1.165) is 19.5 Å². The Kier molecular flexibility index (Phi) is 4.83. The quantitative estimate of drug-likeness (QED) is 0.875. The summed E-state index contributed by atoms with van der Waals surface area (Å²) >= 11 is 0. The lowest BCUT2D eigenvalue weighted by atomic mass is 9.99. The van der Waals surface area contributed by atoms with Crippen molar-refractivity contribution in [3.05, 3.63) is 29.8 Å². The van der Waals surface area contributed by atoms with E-state index in [1.165, 1.54) is 5.56 Å². The number of rotatable bonds is 6. The average molecular weight is 296 g/mol. The zero-order valence-electron chi connectivity index (χ0n) is 12.5. The lowest BCUT2D eigenvalue weighted by Crippen LogP contribution is -2.58. The number of likely N-dealkylation sites (N-methyl/N-ethyl adjacent to an activating group) is 1. The first-order valence-electron chi connectivity index (χ1n) is 7.33. The van der Waals surface area contributed by atoms with Crippen LogP contribution < -0.4 is 5.32 Å². The summed E-state index contributed by atoms with van der Waals surface area (Å²) in [6.07, 6.45) is 1.06. The number of hydrogen-bond donors (Lipinski definition) is 1. The predicted molar refractivity (Wildman–Crippen MR) is 81.4 cm³/mol. The maximum absolute atomic E-state index is 12.6. The van der Waals surface area contributed by atoms with E-state index in [1.54, 1.807) is 16.4 Å². The van der Waals surface area contributed by atoms with Gasteiger partial charge in [-0.15, -0.1) is 0 Å². The second-order valence-electron chi connectivity index (χ2n) is 5.40. The van der Waals surface area contributed by atoms with E-state index in [1.807, 2.05) is 19.1 Å². The van der Waals surface area contributed by atoms with E-state index in [-0.39, 0.29) is 6.04 Å². The summed E-state index contributed by atoms with van der Waals surface area (Å²) in [6.45, 7) is 8.20. The van der Waals surface area contributed by atoms with Gasteiger partial charge in [0.1, 0.15) is 0 Å². The van der Waals surface area contributed by atoms with Crippen LogP contribution in [0.25, 0.3) is 0 Å². The molecule has 0 saturated carbocycles. The number of nitrogens with one attached hydrogen (secondary N) is 1. The molecular weight excluding hydrogens is 272 g/mol. The van der Waals surface area contributed by atoms with Crippen molar-refractivity contribution in [2.24, 2.45) is 0 Å². The molecule has 112 valence electrons. The van der Waals surface area contributed by atoms with Crippen LogP contribution in [-0.4, -0.2) is 38.4 Å². The van der Waals surface area contributed by atoms with Crippen LogP contribution in [-0.2, 0) is 10.0 Å². The van der Waals surface area contributed by atoms with Crippen molar-refractivity contribution in [3.63, 3.8) is 0 Å². The van der Waals surface area contributed by atoms with Gasteiger partial charge in [0.05, 0.1) is 4.90 Å². The largest absolute Gasteiger partial charge is 0.313 e. The van der Waals surface area contributed by atoms with Gasteiger partial charge in [-0.2, -0.15) is 4.31 Å². The van der Waals surface area contributed by atoms with Crippen molar-refractivity contribution in [1.82, 2.24) is 9.62 Å². The Morgan fingerprint density at radius 1 is 1.25 bits per heavy atom. The third kappa shape index (κ3) is 2.90. The molecule has 0 spiro atoms. The van der Waals surface area contributed by atoms with E-state index in [4.69, 9.17) is 0 Å². The molecule has 20 heavy (non-hydrogen) atoms. The smallest absolute Gasteiger partial charge is 0.243 e. The van der Waals surface area contributed by atoms with Crippen molar-refractivity contribution in [3.8, 4) is 0 Å². The Hall–Kier alpha value is -0.910. The van der Waals surface area contributed by atoms with Gasteiger partial charge in [0.2, 0.25) is 10.0 Å². The first kappa shape index (κ1) is 15.5. The van der Waals surface area contributed by atoms with Crippen molar-refractivity contribution in [2.75, 3.05) is 19.6 Å². The summed E-state index contributed by atoms with van der Waals surface area (Å²) < 4.78 is 26.9. The third-order valence-electron chi connectivity index (χ3n) is 4.15. The normalized spacial score (nSPS) is 18.0. The van der Waals surface area contributed by atoms with Crippen LogP contribution in [0.2, 0.25) is 0 Å². The van der Waals surface area contributed by atoms with Crippen LogP contribution in [0, 0.1) is 0 Å². The predicted octanol–water partition coefficient (Wildman–Crippen LogP) is 2.18. The molecule has 0 amide bonds. The number of sulfonamides is 1. The van der Waals surface area contributed by atoms with E-state index in [0.29, 0.717) is 17.4 Å². The molecule has 5 heteroatoms. The lowest BCUT2D eigenvalue weighted by molar-refractivity contribution is 0.249. The van der Waals surface area contributed by atoms with Crippen LogP contribution in [0.3, 0.4) is 0 Å². The van der Waals surface area contributed by atoms with Gasteiger partial charge in [0.15, 0.2) is 0 Å². The lowest BCUT2D eigenvalue weighted by Gasteiger charge is -2.36. The standard InChI is InChI=1S/C15H24N2O2S/c1-4-12(3)13-6-8-15(9-7-13)20(18,19)17(5-2)14-10-16-11-14/h6-9,12,14,16H,4-5,10-11H2,1-3H3. The molecule has 1 unspecified atom stereocenters. The van der Waals surface area contributed by atoms with E-state index >= 15 is 0 Å². The fourth-order valence-electron chi connectivity index (χ4n) is 2.44. The van der Waals surface area contributed by atoms with Gasteiger partial charge in [-0.3, -0.25) is 0 Å². The SMILES string of the molecule is CCC(C)c1ccc(S(=O)(=O)N(CC)C2CNC2)cc1. The van der Waals surface area contributed by atoms with Crippen LogP contribution >= 0.6 is 0 Å². The minimum Gasteiger partial charge on any atom is -0.313 e. The maximum Gasteiger partial charge on any atom is 0.243 e. The van der Waals surface area contributed by atoms with E-state index in [9.17, 15) is 8.42 Å². The Morgan fingerprint density at radius 3 is 2.25 bits per heavy atom. The van der Waals surface area contributed by atoms with Gasteiger partial charge < -0.3 is 5.32 Å². The van der Waals surface area contributed by atoms with Crippen molar-refractivity contribution < 1.29 is 8.42 Å². The van der Waals surface area contributed by atoms with Gasteiger partial charge in [0, 0.05) is 25.7 Å². The summed E-state index contributed by atoms with van der Waals surface area (Å²) in [6, 6.07) is 7.46. The van der Waals surface area contributed by atoms with Crippen LogP contribution in [0.1, 0.15) is 38.7 Å². The summed E-state index contributed by atoms with van der Waals surface area (Å²) in [4.78, 5) is 0.401. The fraction of sp³-hybridized carbons (Fsp3) is 0.600. The average Bonchev–Trinajstić information content (AvgIpc) is 2.41. The highest BCUT2D eigenvalue weighted by atomic mass is 32.2. The molecule has 0 aliphatic carbocycles. The second kappa shape index (κ2) is 6.24. The monoisotopic (exact) mass is 296 g/mol. The highest BCUT2D eigenvalue weighted by molar-refractivity contribution is 7.89. The highest BCUT2D eigenvalue weighted by Gasteiger charge is 2.33. The van der Waals surface area contributed by atoms with Gasteiger partial charge in [-0.05, 0) is 30.0 Å². The molecule has 1 fully saturated rings. The molecule has 1 saturated heterocycles. The molecule has 0 aromatic heterocycles. The summed E-state index contributed by atoms with van der Waals surface area (Å²) in [5.41, 5.74) is 1.19. The van der Waals surface area contributed by atoms with Gasteiger partial charge in [-0.25, -0.2) is 8.42 Å².